The van der Waals surface area contributed by atoms with Crippen LogP contribution in [0.3, 0.4) is 0 Å². The third-order valence-electron chi connectivity index (χ3n) is 4.97. The predicted octanol–water partition coefficient (Wildman–Crippen LogP) is 4.63. The lowest BCUT2D eigenvalue weighted by atomic mass is 10.1. The Balaban J connectivity index is 1.60. The SMILES string of the molecule is Cc1c(C(=O)N2CCCC2c2ccsc2)cnn1-c1ccc(C(F)(F)F)cn1. The van der Waals surface area contributed by atoms with Crippen molar-refractivity contribution < 1.29 is 18.0 Å². The summed E-state index contributed by atoms with van der Waals surface area (Å²) in [5.41, 5.74) is 1.29. The molecule has 5 nitrogen and oxygen atoms in total. The fourth-order valence-corrected chi connectivity index (χ4v) is 4.21. The molecule has 0 spiro atoms. The minimum atomic E-state index is -4.45. The van der Waals surface area contributed by atoms with Gasteiger partial charge in [0, 0.05) is 12.7 Å². The molecule has 4 heterocycles. The quantitative estimate of drug-likeness (QED) is 0.637. The Morgan fingerprint density at radius 1 is 1.25 bits per heavy atom. The smallest absolute Gasteiger partial charge is 0.331 e. The zero-order valence-corrected chi connectivity index (χ0v) is 15.8. The van der Waals surface area contributed by atoms with Crippen LogP contribution in [0.2, 0.25) is 0 Å². The van der Waals surface area contributed by atoms with Crippen molar-refractivity contribution in [2.75, 3.05) is 6.54 Å². The number of rotatable bonds is 3. The number of hydrogen-bond acceptors (Lipinski definition) is 4. The summed E-state index contributed by atoms with van der Waals surface area (Å²) in [6.45, 7) is 2.39. The van der Waals surface area contributed by atoms with Gasteiger partial charge in [0.2, 0.25) is 0 Å². The number of likely N-dealkylation sites (tertiary alicyclic amines) is 1. The number of carbonyl (C=O) groups is 1. The first kappa shape index (κ1) is 18.7. The molecule has 1 fully saturated rings. The lowest BCUT2D eigenvalue weighted by molar-refractivity contribution is -0.137. The molecule has 3 aromatic heterocycles. The molecule has 0 N–H and O–H groups in total. The van der Waals surface area contributed by atoms with Crippen molar-refractivity contribution in [3.05, 3.63) is 63.7 Å². The minimum absolute atomic E-state index is 0.0469. The molecule has 4 rings (SSSR count). The summed E-state index contributed by atoms with van der Waals surface area (Å²) in [5, 5.41) is 8.24. The highest BCUT2D eigenvalue weighted by molar-refractivity contribution is 7.08. The van der Waals surface area contributed by atoms with Crippen LogP contribution in [0.5, 0.6) is 0 Å². The summed E-state index contributed by atoms with van der Waals surface area (Å²) in [5.74, 6) is 0.115. The Labute approximate surface area is 163 Å². The van der Waals surface area contributed by atoms with E-state index in [-0.39, 0.29) is 17.8 Å². The molecule has 1 aliphatic heterocycles. The monoisotopic (exact) mass is 406 g/mol. The largest absolute Gasteiger partial charge is 0.417 e. The maximum atomic E-state index is 13.1. The van der Waals surface area contributed by atoms with Gasteiger partial charge in [-0.15, -0.1) is 0 Å². The van der Waals surface area contributed by atoms with Crippen molar-refractivity contribution in [3.63, 3.8) is 0 Å². The van der Waals surface area contributed by atoms with Crippen LogP contribution in [0.1, 0.15) is 46.1 Å². The first-order chi connectivity index (χ1) is 13.4. The van der Waals surface area contributed by atoms with Gasteiger partial charge < -0.3 is 4.90 Å². The molecule has 0 aliphatic carbocycles. The second kappa shape index (κ2) is 7.05. The summed E-state index contributed by atoms with van der Waals surface area (Å²) in [4.78, 5) is 18.8. The van der Waals surface area contributed by atoms with Gasteiger partial charge in [-0.05, 0) is 54.3 Å². The molecule has 1 atom stereocenters. The fraction of sp³-hybridized carbons (Fsp3) is 0.316. The highest BCUT2D eigenvalue weighted by Crippen LogP contribution is 2.34. The van der Waals surface area contributed by atoms with Crippen LogP contribution in [-0.2, 0) is 6.18 Å². The summed E-state index contributed by atoms with van der Waals surface area (Å²) < 4.78 is 39.6. The van der Waals surface area contributed by atoms with Crippen LogP contribution in [-0.4, -0.2) is 32.1 Å². The Morgan fingerprint density at radius 2 is 2.07 bits per heavy atom. The first-order valence-corrected chi connectivity index (χ1v) is 9.72. The van der Waals surface area contributed by atoms with Gasteiger partial charge in [-0.25, -0.2) is 9.67 Å². The lowest BCUT2D eigenvalue weighted by Gasteiger charge is -2.24. The number of alkyl halides is 3. The average Bonchev–Trinajstić information content (AvgIpc) is 3.41. The number of hydrogen-bond donors (Lipinski definition) is 0. The second-order valence-corrected chi connectivity index (χ2v) is 7.45. The van der Waals surface area contributed by atoms with E-state index in [1.807, 2.05) is 16.3 Å². The zero-order chi connectivity index (χ0) is 19.9. The second-order valence-electron chi connectivity index (χ2n) is 6.67. The topological polar surface area (TPSA) is 51.0 Å². The van der Waals surface area contributed by atoms with E-state index in [0.29, 0.717) is 17.8 Å². The van der Waals surface area contributed by atoms with Crippen LogP contribution in [0.4, 0.5) is 13.2 Å². The highest BCUT2D eigenvalue weighted by atomic mass is 32.1. The molecule has 1 amide bonds. The average molecular weight is 406 g/mol. The molecular formula is C19H17F3N4OS. The lowest BCUT2D eigenvalue weighted by Crippen LogP contribution is -2.30. The van der Waals surface area contributed by atoms with Crippen LogP contribution >= 0.6 is 11.3 Å². The van der Waals surface area contributed by atoms with Gasteiger partial charge >= 0.3 is 6.18 Å². The van der Waals surface area contributed by atoms with Crippen molar-refractivity contribution in [2.24, 2.45) is 0 Å². The maximum Gasteiger partial charge on any atom is 0.417 e. The minimum Gasteiger partial charge on any atom is -0.331 e. The number of amides is 1. The van der Waals surface area contributed by atoms with Gasteiger partial charge in [0.1, 0.15) is 0 Å². The molecule has 0 radical (unpaired) electrons. The van der Waals surface area contributed by atoms with E-state index in [2.05, 4.69) is 15.5 Å². The summed E-state index contributed by atoms with van der Waals surface area (Å²) >= 11 is 1.60. The number of halogens is 3. The van der Waals surface area contributed by atoms with Gasteiger partial charge in [-0.3, -0.25) is 4.79 Å². The zero-order valence-electron chi connectivity index (χ0n) is 15.0. The van der Waals surface area contributed by atoms with Crippen LogP contribution in [0.15, 0.2) is 41.4 Å². The Morgan fingerprint density at radius 3 is 2.71 bits per heavy atom. The molecule has 28 heavy (non-hydrogen) atoms. The van der Waals surface area contributed by atoms with Gasteiger partial charge in [-0.2, -0.15) is 29.6 Å². The number of aromatic nitrogens is 3. The van der Waals surface area contributed by atoms with Crippen molar-refractivity contribution in [2.45, 2.75) is 32.0 Å². The Hall–Kier alpha value is -2.68. The molecule has 9 heteroatoms. The Bertz CT molecular complexity index is 980. The summed E-state index contributed by atoms with van der Waals surface area (Å²) in [6, 6.07) is 4.29. The van der Waals surface area contributed by atoms with Crippen molar-refractivity contribution >= 4 is 17.2 Å². The molecule has 0 aromatic carbocycles. The summed E-state index contributed by atoms with van der Waals surface area (Å²) in [7, 11) is 0. The molecule has 3 aromatic rings. The van der Waals surface area contributed by atoms with E-state index in [1.54, 1.807) is 18.3 Å². The van der Waals surface area contributed by atoms with Crippen molar-refractivity contribution in [1.82, 2.24) is 19.7 Å². The molecule has 0 bridgehead atoms. The highest BCUT2D eigenvalue weighted by Gasteiger charge is 2.33. The third kappa shape index (κ3) is 3.30. The van der Waals surface area contributed by atoms with E-state index in [1.165, 1.54) is 16.9 Å². The fourth-order valence-electron chi connectivity index (χ4n) is 3.51. The van der Waals surface area contributed by atoms with Crippen LogP contribution in [0, 0.1) is 6.92 Å². The number of thiophene rings is 1. The van der Waals surface area contributed by atoms with E-state index in [9.17, 15) is 18.0 Å². The molecule has 1 unspecified atom stereocenters. The van der Waals surface area contributed by atoms with Gasteiger partial charge in [0.05, 0.1) is 29.1 Å². The van der Waals surface area contributed by atoms with E-state index in [0.717, 1.165) is 30.7 Å². The van der Waals surface area contributed by atoms with E-state index < -0.39 is 11.7 Å². The van der Waals surface area contributed by atoms with Gasteiger partial charge in [0.15, 0.2) is 5.82 Å². The van der Waals surface area contributed by atoms with Gasteiger partial charge in [-0.1, -0.05) is 0 Å². The van der Waals surface area contributed by atoms with Crippen LogP contribution in [0.25, 0.3) is 5.82 Å². The summed E-state index contributed by atoms with van der Waals surface area (Å²) in [6.07, 6.45) is -0.376. The predicted molar refractivity (Wildman–Crippen MR) is 98.4 cm³/mol. The van der Waals surface area contributed by atoms with Crippen LogP contribution < -0.4 is 0 Å². The van der Waals surface area contributed by atoms with E-state index in [4.69, 9.17) is 0 Å². The first-order valence-electron chi connectivity index (χ1n) is 8.77. The molecule has 0 saturated carbocycles. The normalized spacial score (nSPS) is 17.3. The number of carbonyl (C=O) groups excluding carboxylic acids is 1. The molecular weight excluding hydrogens is 389 g/mol. The Kier molecular flexibility index (Phi) is 4.70. The number of nitrogens with zero attached hydrogens (tertiary/aromatic N) is 4. The van der Waals surface area contributed by atoms with E-state index >= 15 is 0 Å². The molecule has 1 saturated heterocycles. The number of pyridine rings is 1. The molecule has 146 valence electrons. The van der Waals surface area contributed by atoms with Crippen molar-refractivity contribution in [1.29, 1.82) is 0 Å². The van der Waals surface area contributed by atoms with Gasteiger partial charge in [0.25, 0.3) is 5.91 Å². The van der Waals surface area contributed by atoms with Crippen molar-refractivity contribution in [3.8, 4) is 5.82 Å². The third-order valence-corrected chi connectivity index (χ3v) is 5.68. The molecule has 1 aliphatic rings. The standard InChI is InChI=1S/C19H17F3N4OS/c1-12-15(18(27)25-7-2-3-16(25)13-6-8-28-11-13)10-24-26(12)17-5-4-14(9-23-17)19(20,21)22/h4-6,8-11,16H,2-3,7H2,1H3. The maximum absolute atomic E-state index is 13.1.